The second-order valence-electron chi connectivity index (χ2n) is 6.92. The van der Waals surface area contributed by atoms with Gasteiger partial charge in [-0.15, -0.1) is 0 Å². The highest BCUT2D eigenvalue weighted by Crippen LogP contribution is 2.36. The van der Waals surface area contributed by atoms with Crippen LogP contribution in [0.4, 0.5) is 0 Å². The molecule has 1 aliphatic carbocycles. The number of carbonyl (C=O) groups excluding carboxylic acids is 2. The summed E-state index contributed by atoms with van der Waals surface area (Å²) >= 11 is 0. The first-order chi connectivity index (χ1) is 12.6. The van der Waals surface area contributed by atoms with Crippen LogP contribution in [-0.2, 0) is 15.2 Å². The van der Waals surface area contributed by atoms with Gasteiger partial charge >= 0.3 is 11.8 Å². The van der Waals surface area contributed by atoms with Crippen LogP contribution in [0.25, 0.3) is 0 Å². The molecular formula is C20H26N2O4. The summed E-state index contributed by atoms with van der Waals surface area (Å²) in [5.74, 6) is -0.772. The predicted octanol–water partition coefficient (Wildman–Crippen LogP) is 1.78. The van der Waals surface area contributed by atoms with Crippen LogP contribution in [-0.4, -0.2) is 36.6 Å². The number of carbonyl (C=O) groups is 2. The summed E-state index contributed by atoms with van der Waals surface area (Å²) in [5.41, 5.74) is 0.763. The van der Waals surface area contributed by atoms with Crippen LogP contribution in [0.2, 0.25) is 0 Å². The van der Waals surface area contributed by atoms with E-state index in [0.29, 0.717) is 30.9 Å². The van der Waals surface area contributed by atoms with Crippen molar-refractivity contribution in [3.63, 3.8) is 0 Å². The molecule has 0 fully saturated rings. The fourth-order valence-electron chi connectivity index (χ4n) is 3.48. The SMILES string of the molecule is O=C(NCCC1=CCCCC1)C(=O)NCC1(O)CCOc2ccccc21. The van der Waals surface area contributed by atoms with Crippen molar-refractivity contribution in [2.24, 2.45) is 0 Å². The van der Waals surface area contributed by atoms with Crippen LogP contribution >= 0.6 is 0 Å². The second kappa shape index (κ2) is 8.36. The molecule has 0 saturated carbocycles. The third-order valence-electron chi connectivity index (χ3n) is 5.03. The summed E-state index contributed by atoms with van der Waals surface area (Å²) in [4.78, 5) is 24.0. The molecule has 0 radical (unpaired) electrons. The monoisotopic (exact) mass is 358 g/mol. The molecule has 1 aromatic carbocycles. The third-order valence-corrected chi connectivity index (χ3v) is 5.03. The smallest absolute Gasteiger partial charge is 0.309 e. The molecule has 2 amide bonds. The topological polar surface area (TPSA) is 87.7 Å². The maximum absolute atomic E-state index is 12.0. The Labute approximate surface area is 153 Å². The quantitative estimate of drug-likeness (QED) is 0.553. The van der Waals surface area contributed by atoms with Gasteiger partial charge in [0.1, 0.15) is 11.4 Å². The molecule has 1 aromatic rings. The van der Waals surface area contributed by atoms with Crippen LogP contribution < -0.4 is 15.4 Å². The van der Waals surface area contributed by atoms with Gasteiger partial charge in [-0.05, 0) is 38.2 Å². The van der Waals surface area contributed by atoms with Gasteiger partial charge in [-0.2, -0.15) is 0 Å². The van der Waals surface area contributed by atoms with E-state index in [0.717, 1.165) is 19.3 Å². The molecule has 2 aliphatic rings. The Balaban J connectivity index is 1.47. The number of aliphatic hydroxyl groups is 1. The Morgan fingerprint density at radius 1 is 1.15 bits per heavy atom. The Morgan fingerprint density at radius 3 is 2.77 bits per heavy atom. The number of rotatable bonds is 5. The number of para-hydroxylation sites is 1. The maximum atomic E-state index is 12.0. The lowest BCUT2D eigenvalue weighted by Gasteiger charge is -2.34. The number of amides is 2. The molecule has 1 atom stereocenters. The summed E-state index contributed by atoms with van der Waals surface area (Å²) in [6, 6.07) is 7.21. The predicted molar refractivity (Wildman–Crippen MR) is 97.6 cm³/mol. The maximum Gasteiger partial charge on any atom is 0.309 e. The minimum absolute atomic E-state index is 0.0230. The van der Waals surface area contributed by atoms with Crippen LogP contribution in [0.1, 0.15) is 44.1 Å². The minimum Gasteiger partial charge on any atom is -0.493 e. The van der Waals surface area contributed by atoms with E-state index in [9.17, 15) is 14.7 Å². The van der Waals surface area contributed by atoms with E-state index in [1.54, 1.807) is 12.1 Å². The molecule has 1 unspecified atom stereocenters. The Morgan fingerprint density at radius 2 is 1.96 bits per heavy atom. The third kappa shape index (κ3) is 4.43. The van der Waals surface area contributed by atoms with Crippen molar-refractivity contribution in [2.75, 3.05) is 19.7 Å². The number of hydrogen-bond donors (Lipinski definition) is 3. The zero-order valence-electron chi connectivity index (χ0n) is 14.9. The van der Waals surface area contributed by atoms with Crippen molar-refractivity contribution < 1.29 is 19.4 Å². The van der Waals surface area contributed by atoms with Gasteiger partial charge in [-0.25, -0.2) is 0 Å². The number of nitrogens with one attached hydrogen (secondary N) is 2. The molecule has 0 spiro atoms. The van der Waals surface area contributed by atoms with E-state index < -0.39 is 17.4 Å². The lowest BCUT2D eigenvalue weighted by molar-refractivity contribution is -0.140. The average Bonchev–Trinajstić information content (AvgIpc) is 2.67. The van der Waals surface area contributed by atoms with Crippen LogP contribution in [0.3, 0.4) is 0 Å². The second-order valence-corrected chi connectivity index (χ2v) is 6.92. The molecule has 140 valence electrons. The van der Waals surface area contributed by atoms with E-state index in [1.165, 1.54) is 18.4 Å². The Hall–Kier alpha value is -2.34. The molecule has 1 heterocycles. The molecule has 0 aromatic heterocycles. The lowest BCUT2D eigenvalue weighted by Crippen LogP contribution is -2.48. The highest BCUT2D eigenvalue weighted by atomic mass is 16.5. The van der Waals surface area contributed by atoms with Gasteiger partial charge < -0.3 is 20.5 Å². The largest absolute Gasteiger partial charge is 0.493 e. The van der Waals surface area contributed by atoms with Gasteiger partial charge in [0, 0.05) is 18.5 Å². The summed E-state index contributed by atoms with van der Waals surface area (Å²) in [6.07, 6.45) is 7.99. The number of fused-ring (bicyclic) bond motifs is 1. The van der Waals surface area contributed by atoms with E-state index in [1.807, 2.05) is 12.1 Å². The van der Waals surface area contributed by atoms with Gasteiger partial charge in [0.2, 0.25) is 0 Å². The molecule has 26 heavy (non-hydrogen) atoms. The first-order valence-electron chi connectivity index (χ1n) is 9.27. The van der Waals surface area contributed by atoms with Crippen LogP contribution in [0.5, 0.6) is 5.75 Å². The van der Waals surface area contributed by atoms with Crippen molar-refractivity contribution in [3.8, 4) is 5.75 Å². The van der Waals surface area contributed by atoms with E-state index in [-0.39, 0.29) is 6.54 Å². The Kier molecular flexibility index (Phi) is 5.93. The molecule has 0 saturated heterocycles. The van der Waals surface area contributed by atoms with E-state index in [4.69, 9.17) is 4.74 Å². The summed E-state index contributed by atoms with van der Waals surface area (Å²) in [5, 5.41) is 16.1. The highest BCUT2D eigenvalue weighted by molar-refractivity contribution is 6.35. The first kappa shape index (κ1) is 18.5. The van der Waals surface area contributed by atoms with Gasteiger partial charge in [-0.1, -0.05) is 29.8 Å². The highest BCUT2D eigenvalue weighted by Gasteiger charge is 2.36. The van der Waals surface area contributed by atoms with Gasteiger partial charge in [0.05, 0.1) is 13.2 Å². The Bertz CT molecular complexity index is 701. The van der Waals surface area contributed by atoms with Gasteiger partial charge in [0.25, 0.3) is 0 Å². The zero-order chi connectivity index (χ0) is 18.4. The van der Waals surface area contributed by atoms with Crippen molar-refractivity contribution in [3.05, 3.63) is 41.5 Å². The van der Waals surface area contributed by atoms with Gasteiger partial charge in [-0.3, -0.25) is 9.59 Å². The number of hydrogen-bond acceptors (Lipinski definition) is 4. The fourth-order valence-corrected chi connectivity index (χ4v) is 3.48. The first-order valence-corrected chi connectivity index (χ1v) is 9.27. The lowest BCUT2D eigenvalue weighted by atomic mass is 9.88. The molecule has 6 nitrogen and oxygen atoms in total. The van der Waals surface area contributed by atoms with Gasteiger partial charge in [0.15, 0.2) is 0 Å². The summed E-state index contributed by atoms with van der Waals surface area (Å²) in [7, 11) is 0. The van der Waals surface area contributed by atoms with Crippen molar-refractivity contribution >= 4 is 11.8 Å². The molecule has 3 rings (SSSR count). The molecule has 6 heteroatoms. The van der Waals surface area contributed by atoms with Crippen molar-refractivity contribution in [1.29, 1.82) is 0 Å². The van der Waals surface area contributed by atoms with E-state index in [2.05, 4.69) is 16.7 Å². The number of benzene rings is 1. The molecule has 0 bridgehead atoms. The number of allylic oxidation sites excluding steroid dienone is 1. The molecular weight excluding hydrogens is 332 g/mol. The standard InChI is InChI=1S/C20H26N2O4/c23-18(21-12-10-15-6-2-1-3-7-15)19(24)22-14-20(25)11-13-26-17-9-5-4-8-16(17)20/h4-6,8-9,25H,1-3,7,10-14H2,(H,21,23)(H,22,24). The van der Waals surface area contributed by atoms with E-state index >= 15 is 0 Å². The minimum atomic E-state index is -1.22. The van der Waals surface area contributed by atoms with Crippen LogP contribution in [0.15, 0.2) is 35.9 Å². The van der Waals surface area contributed by atoms with Crippen molar-refractivity contribution in [1.82, 2.24) is 10.6 Å². The average molecular weight is 358 g/mol. The zero-order valence-corrected chi connectivity index (χ0v) is 14.9. The van der Waals surface area contributed by atoms with Crippen LogP contribution in [0, 0.1) is 0 Å². The fraction of sp³-hybridized carbons (Fsp3) is 0.500. The summed E-state index contributed by atoms with van der Waals surface area (Å²) < 4.78 is 5.53. The normalized spacial score (nSPS) is 21.8. The van der Waals surface area contributed by atoms with Crippen molar-refractivity contribution in [2.45, 2.75) is 44.1 Å². The molecule has 1 aliphatic heterocycles. The number of ether oxygens (including phenoxy) is 1. The molecule has 3 N–H and O–H groups in total. The summed E-state index contributed by atoms with van der Waals surface area (Å²) in [6.45, 7) is 0.800.